The summed E-state index contributed by atoms with van der Waals surface area (Å²) in [6.45, 7) is 2.20. The molecule has 358 valence electrons. The number of hydrogen-bond donors (Lipinski definition) is 3. The van der Waals surface area contributed by atoms with Gasteiger partial charge in [-0.15, -0.1) is 0 Å². The van der Waals surface area contributed by atoms with Crippen LogP contribution >= 0.6 is 7.82 Å². The minimum Gasteiger partial charge on any atom is -0.462 e. The maximum absolute atomic E-state index is 12.7. The second-order valence-corrected chi connectivity index (χ2v) is 17.6. The predicted molar refractivity (Wildman–Crippen MR) is 256 cm³/mol. The molecular formula is C51H89O10P. The molecule has 1 unspecified atom stereocenters. The number of ether oxygens (including phenoxy) is 2. The molecule has 0 aromatic rings. The highest BCUT2D eigenvalue weighted by Crippen LogP contribution is 2.43. The molecule has 0 heterocycles. The van der Waals surface area contributed by atoms with E-state index in [4.69, 9.17) is 23.6 Å². The lowest BCUT2D eigenvalue weighted by Crippen LogP contribution is -2.29. The van der Waals surface area contributed by atoms with E-state index in [0.29, 0.717) is 12.8 Å². The van der Waals surface area contributed by atoms with Crippen LogP contribution in [0.1, 0.15) is 200 Å². The lowest BCUT2D eigenvalue weighted by atomic mass is 10.0. The van der Waals surface area contributed by atoms with Crippen molar-refractivity contribution in [1.82, 2.24) is 0 Å². The minimum atomic E-state index is -4.64. The maximum atomic E-state index is 12.7. The summed E-state index contributed by atoms with van der Waals surface area (Å²) in [5, 5.41) is 18.4. The normalized spacial score (nSPS) is 14.3. The molecule has 0 aliphatic heterocycles. The molecule has 3 N–H and O–H groups in total. The van der Waals surface area contributed by atoms with Crippen LogP contribution < -0.4 is 0 Å². The first-order valence-electron chi connectivity index (χ1n) is 24.4. The Hall–Kier alpha value is -2.59. The van der Waals surface area contributed by atoms with Crippen LogP contribution in [0.4, 0.5) is 0 Å². The summed E-state index contributed by atoms with van der Waals surface area (Å²) >= 11 is 0. The van der Waals surface area contributed by atoms with Crippen molar-refractivity contribution < 1.29 is 47.8 Å². The Morgan fingerprint density at radius 3 is 1.31 bits per heavy atom. The molecule has 10 nitrogen and oxygen atoms in total. The van der Waals surface area contributed by atoms with Gasteiger partial charge in [0.15, 0.2) is 6.10 Å². The van der Waals surface area contributed by atoms with E-state index in [-0.39, 0.29) is 19.4 Å². The van der Waals surface area contributed by atoms with Gasteiger partial charge in [0.2, 0.25) is 0 Å². The van der Waals surface area contributed by atoms with Crippen molar-refractivity contribution in [2.45, 2.75) is 212 Å². The molecule has 0 aliphatic carbocycles. The monoisotopic (exact) mass is 893 g/mol. The van der Waals surface area contributed by atoms with Crippen LogP contribution in [0.3, 0.4) is 0 Å². The largest absolute Gasteiger partial charge is 0.472 e. The van der Waals surface area contributed by atoms with Crippen molar-refractivity contribution in [3.8, 4) is 0 Å². The average Bonchev–Trinajstić information content (AvgIpc) is 3.26. The van der Waals surface area contributed by atoms with Gasteiger partial charge in [0.1, 0.15) is 12.7 Å². The van der Waals surface area contributed by atoms with Gasteiger partial charge in [0.25, 0.3) is 0 Å². The molecule has 0 fully saturated rings. The molecule has 0 radical (unpaired) electrons. The first kappa shape index (κ1) is 59.4. The Kier molecular flexibility index (Phi) is 44.5. The van der Waals surface area contributed by atoms with Crippen molar-refractivity contribution in [1.29, 1.82) is 0 Å². The second-order valence-electron chi connectivity index (χ2n) is 16.1. The van der Waals surface area contributed by atoms with Crippen molar-refractivity contribution in [3.05, 3.63) is 72.9 Å². The summed E-state index contributed by atoms with van der Waals surface area (Å²) in [7, 11) is -4.64. The van der Waals surface area contributed by atoms with Crippen LogP contribution in [0.25, 0.3) is 0 Å². The molecule has 0 rings (SSSR count). The number of aliphatic hydroxyl groups is 2. The highest BCUT2D eigenvalue weighted by atomic mass is 31.2. The van der Waals surface area contributed by atoms with E-state index in [1.165, 1.54) is 103 Å². The highest BCUT2D eigenvalue weighted by Gasteiger charge is 2.27. The van der Waals surface area contributed by atoms with Gasteiger partial charge in [-0.05, 0) is 51.4 Å². The number of unbranched alkanes of at least 4 members (excludes halogenated alkanes) is 19. The molecule has 0 aromatic carbocycles. The molecule has 0 aliphatic rings. The molecule has 0 bridgehead atoms. The fourth-order valence-electron chi connectivity index (χ4n) is 6.43. The van der Waals surface area contributed by atoms with E-state index in [1.807, 2.05) is 12.2 Å². The van der Waals surface area contributed by atoms with Gasteiger partial charge in [-0.1, -0.05) is 209 Å². The summed E-state index contributed by atoms with van der Waals surface area (Å²) in [6, 6.07) is 0. The zero-order chi connectivity index (χ0) is 45.5. The first-order valence-corrected chi connectivity index (χ1v) is 25.9. The summed E-state index contributed by atoms with van der Waals surface area (Å²) < 4.78 is 32.7. The van der Waals surface area contributed by atoms with Crippen molar-refractivity contribution in [2.24, 2.45) is 0 Å². The molecule has 0 saturated carbocycles. The van der Waals surface area contributed by atoms with Crippen LogP contribution in [0, 0.1) is 0 Å². The Morgan fingerprint density at radius 2 is 0.887 bits per heavy atom. The highest BCUT2D eigenvalue weighted by molar-refractivity contribution is 7.47. The Bertz CT molecular complexity index is 1260. The maximum Gasteiger partial charge on any atom is 0.472 e. The molecular weight excluding hydrogens is 804 g/mol. The van der Waals surface area contributed by atoms with Crippen LogP contribution in [0.5, 0.6) is 0 Å². The van der Waals surface area contributed by atoms with E-state index in [9.17, 15) is 24.2 Å². The molecule has 0 amide bonds. The number of phosphoric acid groups is 1. The smallest absolute Gasteiger partial charge is 0.462 e. The van der Waals surface area contributed by atoms with Gasteiger partial charge < -0.3 is 24.6 Å². The van der Waals surface area contributed by atoms with Gasteiger partial charge in [-0.25, -0.2) is 4.57 Å². The van der Waals surface area contributed by atoms with E-state index < -0.39 is 51.8 Å². The number of phosphoric ester groups is 1. The Labute approximate surface area is 378 Å². The van der Waals surface area contributed by atoms with Crippen LogP contribution in [-0.4, -0.2) is 65.7 Å². The van der Waals surface area contributed by atoms with Crippen LogP contribution in [-0.2, 0) is 32.7 Å². The quantitative estimate of drug-likeness (QED) is 0.0233. The minimum absolute atomic E-state index is 0.115. The Balaban J connectivity index is 4.31. The summed E-state index contributed by atoms with van der Waals surface area (Å²) in [5.74, 6) is -1.02. The number of rotatable bonds is 45. The number of esters is 2. The molecule has 62 heavy (non-hydrogen) atoms. The third-order valence-electron chi connectivity index (χ3n) is 10.1. The number of aliphatic hydroxyl groups excluding tert-OH is 2. The Morgan fingerprint density at radius 1 is 0.500 bits per heavy atom. The molecule has 0 spiro atoms. The van der Waals surface area contributed by atoms with E-state index in [0.717, 1.165) is 57.8 Å². The van der Waals surface area contributed by atoms with Gasteiger partial charge >= 0.3 is 19.8 Å². The van der Waals surface area contributed by atoms with Crippen LogP contribution in [0.15, 0.2) is 72.9 Å². The zero-order valence-electron chi connectivity index (χ0n) is 39.1. The third kappa shape index (κ3) is 45.4. The zero-order valence-corrected chi connectivity index (χ0v) is 40.0. The number of carbonyl (C=O) groups is 2. The number of carbonyl (C=O) groups excluding carboxylic acids is 2. The van der Waals surface area contributed by atoms with Crippen LogP contribution in [0.2, 0.25) is 0 Å². The first-order chi connectivity index (χ1) is 30.2. The fourth-order valence-corrected chi connectivity index (χ4v) is 7.22. The molecule has 11 heteroatoms. The second kappa shape index (κ2) is 46.4. The van der Waals surface area contributed by atoms with Gasteiger partial charge in [-0.2, -0.15) is 0 Å². The average molecular weight is 893 g/mol. The number of allylic oxidation sites excluding steroid dienone is 12. The van der Waals surface area contributed by atoms with E-state index in [2.05, 4.69) is 74.6 Å². The molecule has 0 aromatic heterocycles. The fraction of sp³-hybridized carbons (Fsp3) is 0.725. The summed E-state index contributed by atoms with van der Waals surface area (Å²) in [4.78, 5) is 35.1. The van der Waals surface area contributed by atoms with Gasteiger partial charge in [0.05, 0.1) is 19.8 Å². The summed E-state index contributed by atoms with van der Waals surface area (Å²) in [6.07, 6.45) is 54.6. The predicted octanol–water partition coefficient (Wildman–Crippen LogP) is 13.6. The lowest BCUT2D eigenvalue weighted by Gasteiger charge is -2.20. The van der Waals surface area contributed by atoms with Gasteiger partial charge in [-0.3, -0.25) is 18.6 Å². The van der Waals surface area contributed by atoms with Crippen molar-refractivity contribution in [2.75, 3.05) is 26.4 Å². The van der Waals surface area contributed by atoms with Crippen molar-refractivity contribution >= 4 is 19.8 Å². The summed E-state index contributed by atoms with van der Waals surface area (Å²) in [5.41, 5.74) is 0. The number of hydrogen-bond acceptors (Lipinski definition) is 9. The standard InChI is InChI=1S/C51H89O10P/c1-3-5-7-9-11-13-15-17-19-21-23-25-27-29-31-33-35-37-39-41-43-51(55)61-49(47-60-62(56,57)59-45-48(53)44-52)46-58-50(54)42-40-38-36-34-32-30-28-26-24-22-20-18-16-14-12-10-8-6-4-2/h6,8,12,14,18,20,24,26,30,32,36,38,48-49,52-53H,3-5,7,9-11,13,15-17,19,21-23,25,27-29,31,33-35,37,39-47H2,1-2H3,(H,56,57)/b8-6+,14-12+,20-18+,26-24+,32-30+,38-36+/t48-,49+/m0/s1. The third-order valence-corrected chi connectivity index (χ3v) is 11.1. The SMILES string of the molecule is CC/C=C/C/C=C/C/C=C/C/C=C/C/C=C/C/C=C/CCC(=O)OC[C@H](COP(=O)(O)OC[C@@H](O)CO)OC(=O)CCCCCCCCCCCCCCCCCCCCCC. The lowest BCUT2D eigenvalue weighted by molar-refractivity contribution is -0.161. The van der Waals surface area contributed by atoms with Crippen molar-refractivity contribution in [3.63, 3.8) is 0 Å². The molecule has 3 atom stereocenters. The topological polar surface area (TPSA) is 149 Å². The van der Waals surface area contributed by atoms with E-state index >= 15 is 0 Å². The van der Waals surface area contributed by atoms with E-state index in [1.54, 1.807) is 0 Å². The molecule has 0 saturated heterocycles. The van der Waals surface area contributed by atoms with Gasteiger partial charge in [0, 0.05) is 12.8 Å².